The maximum atomic E-state index is 13.2. The fourth-order valence-electron chi connectivity index (χ4n) is 2.60. The van der Waals surface area contributed by atoms with E-state index in [-0.39, 0.29) is 16.8 Å². The van der Waals surface area contributed by atoms with Crippen LogP contribution in [0.5, 0.6) is 5.75 Å². The molecule has 1 heterocycles. The van der Waals surface area contributed by atoms with E-state index in [1.165, 1.54) is 13.2 Å². The van der Waals surface area contributed by atoms with Gasteiger partial charge in [0.1, 0.15) is 23.1 Å². The van der Waals surface area contributed by atoms with Gasteiger partial charge in [-0.25, -0.2) is 4.98 Å². The highest BCUT2D eigenvalue weighted by atomic mass is 19.4. The lowest BCUT2D eigenvalue weighted by Crippen LogP contribution is -2.11. The molecule has 124 valence electrons. The molecule has 1 N–H and O–H groups in total. The molecule has 3 aromatic rings. The van der Waals surface area contributed by atoms with Gasteiger partial charge < -0.3 is 9.84 Å². The van der Waals surface area contributed by atoms with Gasteiger partial charge in [0, 0.05) is 5.39 Å². The number of benzene rings is 2. The van der Waals surface area contributed by atoms with Crippen molar-refractivity contribution in [3.63, 3.8) is 0 Å². The summed E-state index contributed by atoms with van der Waals surface area (Å²) < 4.78 is 44.8. The molecule has 0 aliphatic carbocycles. The van der Waals surface area contributed by atoms with Gasteiger partial charge in [-0.15, -0.1) is 0 Å². The summed E-state index contributed by atoms with van der Waals surface area (Å²) in [7, 11) is 1.37. The van der Waals surface area contributed by atoms with Crippen molar-refractivity contribution in [3.05, 3.63) is 71.4 Å². The monoisotopic (exact) mass is 333 g/mol. The number of rotatable bonds is 3. The van der Waals surface area contributed by atoms with E-state index in [4.69, 9.17) is 4.74 Å². The predicted octanol–water partition coefficient (Wildman–Crippen LogP) is 4.34. The third-order valence-corrected chi connectivity index (χ3v) is 3.75. The van der Waals surface area contributed by atoms with Crippen molar-refractivity contribution in [1.29, 1.82) is 0 Å². The minimum absolute atomic E-state index is 0.0693. The second kappa shape index (κ2) is 6.13. The zero-order valence-electron chi connectivity index (χ0n) is 12.7. The first-order valence-corrected chi connectivity index (χ1v) is 7.19. The largest absolute Gasteiger partial charge is 0.494 e. The highest BCUT2D eigenvalue weighted by Crippen LogP contribution is 2.37. The fraction of sp³-hybridized carbons (Fsp3) is 0.167. The number of pyridine rings is 1. The molecule has 0 aliphatic rings. The Hall–Kier alpha value is -2.60. The summed E-state index contributed by atoms with van der Waals surface area (Å²) in [6.45, 7) is 0. The van der Waals surface area contributed by atoms with Crippen molar-refractivity contribution >= 4 is 10.9 Å². The Bertz CT molecular complexity index is 863. The third kappa shape index (κ3) is 2.92. The van der Waals surface area contributed by atoms with Crippen LogP contribution in [-0.2, 0) is 6.18 Å². The lowest BCUT2D eigenvalue weighted by molar-refractivity contribution is -0.141. The van der Waals surface area contributed by atoms with Gasteiger partial charge in [-0.2, -0.15) is 13.2 Å². The summed E-state index contributed by atoms with van der Waals surface area (Å²) in [6, 6.07) is 14.2. The summed E-state index contributed by atoms with van der Waals surface area (Å²) in [6.07, 6.45) is -5.83. The molecule has 1 atom stereocenters. The van der Waals surface area contributed by atoms with Crippen molar-refractivity contribution in [2.45, 2.75) is 12.3 Å². The van der Waals surface area contributed by atoms with Crippen LogP contribution in [0, 0.1) is 0 Å². The van der Waals surface area contributed by atoms with Gasteiger partial charge in [0.2, 0.25) is 0 Å². The van der Waals surface area contributed by atoms with E-state index in [2.05, 4.69) is 4.98 Å². The molecule has 0 saturated carbocycles. The summed E-state index contributed by atoms with van der Waals surface area (Å²) in [5.74, 6) is 0.222. The topological polar surface area (TPSA) is 42.4 Å². The van der Waals surface area contributed by atoms with Crippen LogP contribution in [0.2, 0.25) is 0 Å². The SMILES string of the molecule is COc1cccc2c(C(O)c3ccccc3)cc(C(F)(F)F)nc12. The number of nitrogens with zero attached hydrogens (tertiary/aromatic N) is 1. The zero-order chi connectivity index (χ0) is 17.3. The molecule has 0 bridgehead atoms. The number of aliphatic hydroxyl groups excluding tert-OH is 1. The molecule has 1 aromatic heterocycles. The summed E-state index contributed by atoms with van der Waals surface area (Å²) in [5, 5.41) is 11.0. The van der Waals surface area contributed by atoms with Crippen LogP contribution in [0.25, 0.3) is 10.9 Å². The quantitative estimate of drug-likeness (QED) is 0.775. The second-order valence-electron chi connectivity index (χ2n) is 5.26. The standard InChI is InChI=1S/C18H14F3NO2/c1-24-14-9-5-8-12-13(17(23)11-6-3-2-4-7-11)10-15(18(19,20)21)22-16(12)14/h2-10,17,23H,1H3. The Balaban J connectivity index is 2.29. The first-order chi connectivity index (χ1) is 11.4. The molecule has 0 fully saturated rings. The first-order valence-electron chi connectivity index (χ1n) is 7.19. The molecule has 2 aromatic carbocycles. The zero-order valence-corrected chi connectivity index (χ0v) is 12.7. The molecule has 6 heteroatoms. The lowest BCUT2D eigenvalue weighted by atomic mass is 9.97. The Morgan fingerprint density at radius 1 is 1.04 bits per heavy atom. The van der Waals surface area contributed by atoms with E-state index in [0.717, 1.165) is 6.07 Å². The first kappa shape index (κ1) is 16.3. The number of ether oxygens (including phenoxy) is 1. The van der Waals surface area contributed by atoms with E-state index < -0.39 is 18.0 Å². The number of aromatic nitrogens is 1. The Morgan fingerprint density at radius 3 is 2.38 bits per heavy atom. The van der Waals surface area contributed by atoms with Crippen molar-refractivity contribution in [2.24, 2.45) is 0 Å². The normalized spacial score (nSPS) is 13.0. The van der Waals surface area contributed by atoms with E-state index in [1.807, 2.05) is 0 Å². The molecule has 0 spiro atoms. The predicted molar refractivity (Wildman–Crippen MR) is 83.8 cm³/mol. The van der Waals surface area contributed by atoms with Crippen LogP contribution in [0.4, 0.5) is 13.2 Å². The molecule has 0 saturated heterocycles. The number of aliphatic hydroxyl groups is 1. The number of fused-ring (bicyclic) bond motifs is 1. The minimum atomic E-state index is -4.62. The molecule has 0 radical (unpaired) electrons. The van der Waals surface area contributed by atoms with E-state index in [9.17, 15) is 18.3 Å². The average Bonchev–Trinajstić information content (AvgIpc) is 2.59. The molecule has 3 nitrogen and oxygen atoms in total. The Kier molecular flexibility index (Phi) is 4.15. The number of methoxy groups -OCH3 is 1. The van der Waals surface area contributed by atoms with Gasteiger partial charge in [0.05, 0.1) is 7.11 Å². The van der Waals surface area contributed by atoms with Crippen molar-refractivity contribution < 1.29 is 23.0 Å². The van der Waals surface area contributed by atoms with Gasteiger partial charge >= 0.3 is 6.18 Å². The molecule has 24 heavy (non-hydrogen) atoms. The van der Waals surface area contributed by atoms with Crippen molar-refractivity contribution in [2.75, 3.05) is 7.11 Å². The molecule has 0 amide bonds. The fourth-order valence-corrected chi connectivity index (χ4v) is 2.60. The Morgan fingerprint density at radius 2 is 1.75 bits per heavy atom. The highest BCUT2D eigenvalue weighted by Gasteiger charge is 2.34. The van der Waals surface area contributed by atoms with Gasteiger partial charge in [-0.05, 0) is 23.3 Å². The molecular formula is C18H14F3NO2. The summed E-state index contributed by atoms with van der Waals surface area (Å²) in [5.41, 5.74) is -0.359. The minimum Gasteiger partial charge on any atom is -0.494 e. The third-order valence-electron chi connectivity index (χ3n) is 3.75. The number of halogens is 3. The van der Waals surface area contributed by atoms with E-state index in [1.54, 1.807) is 42.5 Å². The van der Waals surface area contributed by atoms with Crippen LogP contribution in [-0.4, -0.2) is 17.2 Å². The molecule has 3 rings (SSSR count). The van der Waals surface area contributed by atoms with Gasteiger partial charge in [0.25, 0.3) is 0 Å². The highest BCUT2D eigenvalue weighted by molar-refractivity contribution is 5.88. The maximum absolute atomic E-state index is 13.2. The number of para-hydroxylation sites is 1. The van der Waals surface area contributed by atoms with Crippen LogP contribution in [0.15, 0.2) is 54.6 Å². The van der Waals surface area contributed by atoms with Crippen molar-refractivity contribution in [3.8, 4) is 5.75 Å². The van der Waals surface area contributed by atoms with Gasteiger partial charge in [0.15, 0.2) is 0 Å². The van der Waals surface area contributed by atoms with E-state index in [0.29, 0.717) is 10.9 Å². The van der Waals surface area contributed by atoms with Gasteiger partial charge in [-0.1, -0.05) is 42.5 Å². The molecule has 1 unspecified atom stereocenters. The van der Waals surface area contributed by atoms with Crippen LogP contribution < -0.4 is 4.74 Å². The van der Waals surface area contributed by atoms with Gasteiger partial charge in [-0.3, -0.25) is 0 Å². The summed E-state index contributed by atoms with van der Waals surface area (Å²) >= 11 is 0. The van der Waals surface area contributed by atoms with Crippen LogP contribution in [0.1, 0.15) is 22.9 Å². The smallest absolute Gasteiger partial charge is 0.433 e. The van der Waals surface area contributed by atoms with Crippen LogP contribution >= 0.6 is 0 Å². The van der Waals surface area contributed by atoms with Crippen LogP contribution in [0.3, 0.4) is 0 Å². The maximum Gasteiger partial charge on any atom is 0.433 e. The number of hydrogen-bond donors (Lipinski definition) is 1. The molecular weight excluding hydrogens is 319 g/mol. The lowest BCUT2D eigenvalue weighted by Gasteiger charge is -2.17. The van der Waals surface area contributed by atoms with E-state index >= 15 is 0 Å². The number of hydrogen-bond acceptors (Lipinski definition) is 3. The molecule has 0 aliphatic heterocycles. The Labute approximate surface area is 136 Å². The number of alkyl halides is 3. The van der Waals surface area contributed by atoms with Crippen molar-refractivity contribution in [1.82, 2.24) is 4.98 Å². The second-order valence-corrected chi connectivity index (χ2v) is 5.26. The average molecular weight is 333 g/mol. The summed E-state index contributed by atoms with van der Waals surface area (Å²) in [4.78, 5) is 3.69.